The Bertz CT molecular complexity index is 817. The Balaban J connectivity index is 1.43. The summed E-state index contributed by atoms with van der Waals surface area (Å²) in [6.07, 6.45) is 7.01. The zero-order chi connectivity index (χ0) is 15.8. The number of halogens is 1. The Morgan fingerprint density at radius 2 is 2.13 bits per heavy atom. The predicted octanol–water partition coefficient (Wildman–Crippen LogP) is 3.16. The highest BCUT2D eigenvalue weighted by molar-refractivity contribution is 5.74. The Morgan fingerprint density at radius 1 is 1.30 bits per heavy atom. The molecule has 0 unspecified atom stereocenters. The van der Waals surface area contributed by atoms with Crippen molar-refractivity contribution in [1.29, 1.82) is 0 Å². The van der Waals surface area contributed by atoms with Crippen LogP contribution in [0.2, 0.25) is 0 Å². The molecule has 0 spiro atoms. The van der Waals surface area contributed by atoms with E-state index in [2.05, 4.69) is 19.4 Å². The molecule has 1 fully saturated rings. The molecule has 120 valence electrons. The van der Waals surface area contributed by atoms with Gasteiger partial charge in [0.15, 0.2) is 5.58 Å². The van der Waals surface area contributed by atoms with Gasteiger partial charge in [0.2, 0.25) is 0 Å². The van der Waals surface area contributed by atoms with Crippen LogP contribution in [-0.4, -0.2) is 27.6 Å². The number of fused-ring (bicyclic) bond motifs is 1. The molecule has 0 saturated carbocycles. The summed E-state index contributed by atoms with van der Waals surface area (Å²) in [5.74, 6) is 1.49. The number of aromatic nitrogens is 3. The fraction of sp³-hybridized carbons (Fsp3) is 0.412. The van der Waals surface area contributed by atoms with Crippen LogP contribution in [0.5, 0.6) is 0 Å². The maximum Gasteiger partial charge on any atom is 0.298 e. The van der Waals surface area contributed by atoms with E-state index in [0.717, 1.165) is 38.2 Å². The minimum Gasteiger partial charge on any atom is -0.423 e. The number of piperidine rings is 1. The monoisotopic (exact) mass is 314 g/mol. The molecule has 1 saturated heterocycles. The van der Waals surface area contributed by atoms with E-state index in [1.54, 1.807) is 6.07 Å². The van der Waals surface area contributed by atoms with Crippen LogP contribution >= 0.6 is 0 Å². The standard InChI is InChI=1S/C17H19FN4O/c1-21-9-6-19-16(21)10-12-4-7-22(8-5-12)17-20-14-11-13(18)2-3-15(14)23-17/h2-3,6,9,11-12H,4-5,7-8,10H2,1H3. The molecule has 4 rings (SSSR count). The maximum absolute atomic E-state index is 13.2. The lowest BCUT2D eigenvalue weighted by molar-refractivity contribution is 0.380. The van der Waals surface area contributed by atoms with Gasteiger partial charge in [0, 0.05) is 45.0 Å². The molecule has 5 nitrogen and oxygen atoms in total. The molecule has 1 aromatic carbocycles. The molecule has 3 heterocycles. The SMILES string of the molecule is Cn1ccnc1CC1CCN(c2nc3cc(F)ccc3o2)CC1. The van der Waals surface area contributed by atoms with Crippen molar-refractivity contribution < 1.29 is 8.81 Å². The predicted molar refractivity (Wildman–Crippen MR) is 85.8 cm³/mol. The number of anilines is 1. The molecule has 3 aromatic rings. The van der Waals surface area contributed by atoms with E-state index in [1.165, 1.54) is 12.1 Å². The highest BCUT2D eigenvalue weighted by atomic mass is 19.1. The minimum atomic E-state index is -0.286. The molecule has 0 amide bonds. The van der Waals surface area contributed by atoms with Gasteiger partial charge in [-0.1, -0.05) is 0 Å². The molecule has 0 N–H and O–H groups in total. The number of hydrogen-bond donors (Lipinski definition) is 0. The van der Waals surface area contributed by atoms with E-state index in [-0.39, 0.29) is 5.82 Å². The van der Waals surface area contributed by atoms with Crippen molar-refractivity contribution in [2.75, 3.05) is 18.0 Å². The zero-order valence-corrected chi connectivity index (χ0v) is 13.1. The van der Waals surface area contributed by atoms with E-state index in [1.807, 2.05) is 19.4 Å². The highest BCUT2D eigenvalue weighted by Gasteiger charge is 2.23. The highest BCUT2D eigenvalue weighted by Crippen LogP contribution is 2.27. The molecule has 0 aliphatic carbocycles. The van der Waals surface area contributed by atoms with Gasteiger partial charge in [0.25, 0.3) is 6.01 Å². The summed E-state index contributed by atoms with van der Waals surface area (Å²) in [7, 11) is 2.04. The second-order valence-corrected chi connectivity index (χ2v) is 6.20. The van der Waals surface area contributed by atoms with E-state index < -0.39 is 0 Å². The first kappa shape index (κ1) is 14.2. The van der Waals surface area contributed by atoms with Crippen LogP contribution < -0.4 is 4.90 Å². The van der Waals surface area contributed by atoms with E-state index in [4.69, 9.17) is 4.42 Å². The second-order valence-electron chi connectivity index (χ2n) is 6.20. The number of nitrogens with zero attached hydrogens (tertiary/aromatic N) is 4. The van der Waals surface area contributed by atoms with E-state index in [9.17, 15) is 4.39 Å². The molecule has 23 heavy (non-hydrogen) atoms. The van der Waals surface area contributed by atoms with Crippen molar-refractivity contribution in [2.24, 2.45) is 13.0 Å². The topological polar surface area (TPSA) is 47.1 Å². The number of hydrogen-bond acceptors (Lipinski definition) is 4. The Hall–Kier alpha value is -2.37. The van der Waals surface area contributed by atoms with Crippen molar-refractivity contribution >= 4 is 17.1 Å². The van der Waals surface area contributed by atoms with Crippen LogP contribution in [0.4, 0.5) is 10.4 Å². The molecular formula is C17H19FN4O. The van der Waals surface area contributed by atoms with Gasteiger partial charge in [-0.2, -0.15) is 4.98 Å². The second kappa shape index (κ2) is 5.68. The Morgan fingerprint density at radius 3 is 2.87 bits per heavy atom. The fourth-order valence-electron chi connectivity index (χ4n) is 3.20. The largest absolute Gasteiger partial charge is 0.423 e. The maximum atomic E-state index is 13.2. The van der Waals surface area contributed by atoms with Crippen LogP contribution in [0.25, 0.3) is 11.1 Å². The number of benzene rings is 1. The fourth-order valence-corrected chi connectivity index (χ4v) is 3.20. The van der Waals surface area contributed by atoms with Gasteiger partial charge in [-0.15, -0.1) is 0 Å². The molecule has 0 bridgehead atoms. The molecule has 0 radical (unpaired) electrons. The third kappa shape index (κ3) is 2.81. The summed E-state index contributed by atoms with van der Waals surface area (Å²) in [6.45, 7) is 1.81. The van der Waals surface area contributed by atoms with Gasteiger partial charge in [-0.3, -0.25) is 0 Å². The van der Waals surface area contributed by atoms with Crippen LogP contribution in [0.1, 0.15) is 18.7 Å². The lowest BCUT2D eigenvalue weighted by Crippen LogP contribution is -2.34. The van der Waals surface area contributed by atoms with Crippen molar-refractivity contribution in [3.05, 3.63) is 42.2 Å². The minimum absolute atomic E-state index is 0.286. The van der Waals surface area contributed by atoms with Crippen molar-refractivity contribution in [1.82, 2.24) is 14.5 Å². The summed E-state index contributed by atoms with van der Waals surface area (Å²) in [4.78, 5) is 11.0. The molecule has 1 aliphatic heterocycles. The average molecular weight is 314 g/mol. The van der Waals surface area contributed by atoms with E-state index >= 15 is 0 Å². The number of imidazole rings is 1. The summed E-state index contributed by atoms with van der Waals surface area (Å²) < 4.78 is 21.1. The first-order chi connectivity index (χ1) is 11.2. The number of aryl methyl sites for hydroxylation is 1. The molecule has 1 aliphatic rings. The first-order valence-corrected chi connectivity index (χ1v) is 7.96. The van der Waals surface area contributed by atoms with Crippen molar-refractivity contribution in [2.45, 2.75) is 19.3 Å². The third-order valence-corrected chi connectivity index (χ3v) is 4.62. The summed E-state index contributed by atoms with van der Waals surface area (Å²) in [5.41, 5.74) is 1.21. The van der Waals surface area contributed by atoms with Gasteiger partial charge in [-0.05, 0) is 30.9 Å². The summed E-state index contributed by atoms with van der Waals surface area (Å²) in [5, 5.41) is 0. The molecular weight excluding hydrogens is 295 g/mol. The lowest BCUT2D eigenvalue weighted by Gasteiger charge is -2.30. The molecule has 0 atom stereocenters. The quantitative estimate of drug-likeness (QED) is 0.745. The van der Waals surface area contributed by atoms with Crippen LogP contribution in [0.15, 0.2) is 35.0 Å². The Labute approximate surface area is 133 Å². The van der Waals surface area contributed by atoms with Gasteiger partial charge in [-0.25, -0.2) is 9.37 Å². The smallest absolute Gasteiger partial charge is 0.298 e. The molecule has 2 aromatic heterocycles. The van der Waals surface area contributed by atoms with Gasteiger partial charge < -0.3 is 13.9 Å². The molecule has 6 heteroatoms. The van der Waals surface area contributed by atoms with E-state index in [0.29, 0.717) is 23.0 Å². The first-order valence-electron chi connectivity index (χ1n) is 7.96. The summed E-state index contributed by atoms with van der Waals surface area (Å²) >= 11 is 0. The van der Waals surface area contributed by atoms with Crippen LogP contribution in [0, 0.1) is 11.7 Å². The van der Waals surface area contributed by atoms with Crippen LogP contribution in [-0.2, 0) is 13.5 Å². The van der Waals surface area contributed by atoms with Crippen LogP contribution in [0.3, 0.4) is 0 Å². The average Bonchev–Trinajstić information content (AvgIpc) is 3.14. The van der Waals surface area contributed by atoms with Crippen molar-refractivity contribution in [3.63, 3.8) is 0 Å². The number of oxazole rings is 1. The third-order valence-electron chi connectivity index (χ3n) is 4.62. The van der Waals surface area contributed by atoms with Gasteiger partial charge in [0.1, 0.15) is 17.2 Å². The zero-order valence-electron chi connectivity index (χ0n) is 13.1. The number of rotatable bonds is 3. The Kier molecular flexibility index (Phi) is 3.52. The van der Waals surface area contributed by atoms with Gasteiger partial charge in [0.05, 0.1) is 0 Å². The summed E-state index contributed by atoms with van der Waals surface area (Å²) in [6, 6.07) is 5.04. The lowest BCUT2D eigenvalue weighted by atomic mass is 9.93. The van der Waals surface area contributed by atoms with Gasteiger partial charge >= 0.3 is 0 Å². The normalized spacial score (nSPS) is 16.3. The van der Waals surface area contributed by atoms with Crippen molar-refractivity contribution in [3.8, 4) is 0 Å².